The highest BCUT2D eigenvalue weighted by Crippen LogP contribution is 2.34. The highest BCUT2D eigenvalue weighted by molar-refractivity contribution is 6.10. The average molecular weight is 279 g/mol. The smallest absolute Gasteiger partial charge is 0.266 e. The molecule has 2 aliphatic rings. The third-order valence-electron chi connectivity index (χ3n) is 4.00. The molecule has 0 radical (unpaired) electrons. The van der Waals surface area contributed by atoms with Gasteiger partial charge in [-0.1, -0.05) is 30.4 Å². The van der Waals surface area contributed by atoms with E-state index >= 15 is 0 Å². The number of rotatable bonds is 0. The normalized spacial score (nSPS) is 19.0. The van der Waals surface area contributed by atoms with Gasteiger partial charge in [-0.25, -0.2) is 0 Å². The minimum absolute atomic E-state index is 0.0927. The van der Waals surface area contributed by atoms with Gasteiger partial charge in [0.15, 0.2) is 5.43 Å². The van der Waals surface area contributed by atoms with Crippen molar-refractivity contribution in [2.75, 3.05) is 4.90 Å². The molecule has 0 saturated heterocycles. The number of benzene rings is 1. The van der Waals surface area contributed by atoms with Crippen molar-refractivity contribution in [3.05, 3.63) is 69.3 Å². The Hall–Kier alpha value is -2.62. The van der Waals surface area contributed by atoms with Gasteiger partial charge in [-0.3, -0.25) is 9.59 Å². The summed E-state index contributed by atoms with van der Waals surface area (Å²) in [5, 5.41) is 0. The monoisotopic (exact) mass is 279 g/mol. The van der Waals surface area contributed by atoms with Crippen molar-refractivity contribution in [2.24, 2.45) is 0 Å². The van der Waals surface area contributed by atoms with Gasteiger partial charge in [0, 0.05) is 12.5 Å². The molecule has 0 N–H and O–H groups in total. The van der Waals surface area contributed by atoms with Crippen LogP contribution in [0.5, 0.6) is 0 Å². The van der Waals surface area contributed by atoms with Crippen LogP contribution in [0.1, 0.15) is 27.4 Å². The van der Waals surface area contributed by atoms with Crippen LogP contribution < -0.4 is 10.3 Å². The van der Waals surface area contributed by atoms with Crippen molar-refractivity contribution in [1.29, 1.82) is 0 Å². The first-order chi connectivity index (χ1) is 10.1. The maximum atomic E-state index is 12.8. The first kappa shape index (κ1) is 12.1. The van der Waals surface area contributed by atoms with Gasteiger partial charge in [-0.2, -0.15) is 0 Å². The SMILES string of the molecule is Cc1cc(=O)c2c(o1)CC1C=Cc3ccccc3N1C2=O. The van der Waals surface area contributed by atoms with E-state index in [4.69, 9.17) is 4.42 Å². The Morgan fingerprint density at radius 2 is 2.05 bits per heavy atom. The number of anilines is 1. The van der Waals surface area contributed by atoms with Gasteiger partial charge in [0.2, 0.25) is 0 Å². The molecule has 0 bridgehead atoms. The number of hydrogen-bond donors (Lipinski definition) is 0. The van der Waals surface area contributed by atoms with Gasteiger partial charge in [0.25, 0.3) is 5.91 Å². The van der Waals surface area contributed by atoms with E-state index in [0.717, 1.165) is 11.3 Å². The molecule has 0 fully saturated rings. The van der Waals surface area contributed by atoms with Gasteiger partial charge < -0.3 is 9.32 Å². The molecule has 1 aromatic heterocycles. The lowest BCUT2D eigenvalue weighted by Crippen LogP contribution is -2.48. The van der Waals surface area contributed by atoms with Gasteiger partial charge in [-0.05, 0) is 18.6 Å². The molecule has 104 valence electrons. The lowest BCUT2D eigenvalue weighted by Gasteiger charge is -2.37. The van der Waals surface area contributed by atoms with E-state index in [1.165, 1.54) is 6.07 Å². The van der Waals surface area contributed by atoms with E-state index in [1.54, 1.807) is 11.8 Å². The van der Waals surface area contributed by atoms with E-state index in [-0.39, 0.29) is 22.9 Å². The topological polar surface area (TPSA) is 50.5 Å². The van der Waals surface area contributed by atoms with Crippen LogP contribution in [0.3, 0.4) is 0 Å². The predicted molar refractivity (Wildman–Crippen MR) is 79.5 cm³/mol. The Morgan fingerprint density at radius 1 is 1.24 bits per heavy atom. The first-order valence-electron chi connectivity index (χ1n) is 6.89. The maximum Gasteiger partial charge on any atom is 0.266 e. The molecule has 1 aromatic carbocycles. The van der Waals surface area contributed by atoms with Gasteiger partial charge >= 0.3 is 0 Å². The van der Waals surface area contributed by atoms with Crippen molar-refractivity contribution >= 4 is 17.7 Å². The number of nitrogens with zero attached hydrogens (tertiary/aromatic N) is 1. The zero-order valence-electron chi connectivity index (χ0n) is 11.5. The Labute approximate surface area is 121 Å². The van der Waals surface area contributed by atoms with Crippen molar-refractivity contribution in [3.8, 4) is 0 Å². The average Bonchev–Trinajstić information content (AvgIpc) is 2.45. The second-order valence-corrected chi connectivity index (χ2v) is 5.38. The van der Waals surface area contributed by atoms with Gasteiger partial charge in [0.05, 0.1) is 11.7 Å². The molecule has 3 heterocycles. The molecule has 4 nitrogen and oxygen atoms in total. The Balaban J connectivity index is 1.94. The van der Waals surface area contributed by atoms with E-state index in [2.05, 4.69) is 0 Å². The van der Waals surface area contributed by atoms with Crippen LogP contribution in [-0.4, -0.2) is 11.9 Å². The largest absolute Gasteiger partial charge is 0.465 e. The predicted octanol–water partition coefficient (Wildman–Crippen LogP) is 2.55. The summed E-state index contributed by atoms with van der Waals surface area (Å²) < 4.78 is 5.61. The highest BCUT2D eigenvalue weighted by Gasteiger charge is 2.37. The van der Waals surface area contributed by atoms with Crippen LogP contribution in [0.4, 0.5) is 5.69 Å². The minimum Gasteiger partial charge on any atom is -0.465 e. The van der Waals surface area contributed by atoms with Gasteiger partial charge in [0.1, 0.15) is 17.1 Å². The standard InChI is InChI=1S/C17H13NO3/c1-10-8-14(19)16-15(21-10)9-12-7-6-11-4-2-3-5-13(11)18(12)17(16)20/h2-8,12H,9H2,1H3. The van der Waals surface area contributed by atoms with Crippen molar-refractivity contribution in [1.82, 2.24) is 0 Å². The summed E-state index contributed by atoms with van der Waals surface area (Å²) in [6.07, 6.45) is 4.54. The van der Waals surface area contributed by atoms with E-state index in [1.807, 2.05) is 36.4 Å². The summed E-state index contributed by atoms with van der Waals surface area (Å²) in [5.74, 6) is 0.766. The summed E-state index contributed by atoms with van der Waals surface area (Å²) in [6.45, 7) is 1.73. The maximum absolute atomic E-state index is 12.8. The van der Waals surface area contributed by atoms with Crippen molar-refractivity contribution in [2.45, 2.75) is 19.4 Å². The molecule has 4 rings (SSSR count). The second-order valence-electron chi connectivity index (χ2n) is 5.38. The third-order valence-corrected chi connectivity index (χ3v) is 4.00. The molecule has 2 aliphatic heterocycles. The van der Waals surface area contributed by atoms with Crippen LogP contribution in [0.15, 0.2) is 45.6 Å². The second kappa shape index (κ2) is 4.19. The Morgan fingerprint density at radius 3 is 2.90 bits per heavy atom. The van der Waals surface area contributed by atoms with Crippen LogP contribution >= 0.6 is 0 Å². The number of hydrogen-bond acceptors (Lipinski definition) is 3. The molecule has 2 aromatic rings. The fourth-order valence-electron chi connectivity index (χ4n) is 3.09. The summed E-state index contributed by atoms with van der Waals surface area (Å²) in [7, 11) is 0. The van der Waals surface area contributed by atoms with Crippen molar-refractivity contribution < 1.29 is 9.21 Å². The highest BCUT2D eigenvalue weighted by atomic mass is 16.3. The molecule has 1 unspecified atom stereocenters. The molecular weight excluding hydrogens is 266 g/mol. The number of carbonyl (C=O) groups is 1. The van der Waals surface area contributed by atoms with Crippen LogP contribution in [0.25, 0.3) is 6.08 Å². The lowest BCUT2D eigenvalue weighted by atomic mass is 9.93. The zero-order chi connectivity index (χ0) is 14.6. The fourth-order valence-corrected chi connectivity index (χ4v) is 3.09. The first-order valence-corrected chi connectivity index (χ1v) is 6.89. The van der Waals surface area contributed by atoms with E-state index < -0.39 is 0 Å². The summed E-state index contributed by atoms with van der Waals surface area (Å²) >= 11 is 0. The number of aryl methyl sites for hydroxylation is 1. The Bertz CT molecular complexity index is 847. The molecule has 0 aliphatic carbocycles. The van der Waals surface area contributed by atoms with Crippen LogP contribution in [0, 0.1) is 6.92 Å². The van der Waals surface area contributed by atoms with Gasteiger partial charge in [-0.15, -0.1) is 0 Å². The number of para-hydroxylation sites is 1. The number of amides is 1. The summed E-state index contributed by atoms with van der Waals surface area (Å²) in [6, 6.07) is 8.99. The third kappa shape index (κ3) is 1.69. The molecule has 1 amide bonds. The summed E-state index contributed by atoms with van der Waals surface area (Å²) in [4.78, 5) is 26.6. The Kier molecular flexibility index (Phi) is 2.42. The minimum atomic E-state index is -0.271. The number of carbonyl (C=O) groups excluding carboxylic acids is 1. The molecule has 4 heteroatoms. The molecular formula is C17H13NO3. The molecule has 0 spiro atoms. The van der Waals surface area contributed by atoms with Crippen molar-refractivity contribution in [3.63, 3.8) is 0 Å². The quantitative estimate of drug-likeness (QED) is 0.744. The fraction of sp³-hybridized carbons (Fsp3) is 0.176. The molecule has 0 saturated carbocycles. The van der Waals surface area contributed by atoms with Crippen LogP contribution in [0.2, 0.25) is 0 Å². The van der Waals surface area contributed by atoms with E-state index in [0.29, 0.717) is 17.9 Å². The number of fused-ring (bicyclic) bond motifs is 4. The van der Waals surface area contributed by atoms with Crippen LogP contribution in [-0.2, 0) is 6.42 Å². The lowest BCUT2D eigenvalue weighted by molar-refractivity contribution is 0.0965. The van der Waals surface area contributed by atoms with E-state index in [9.17, 15) is 9.59 Å². The molecule has 21 heavy (non-hydrogen) atoms. The zero-order valence-corrected chi connectivity index (χ0v) is 11.5. The molecule has 1 atom stereocenters. The summed E-state index contributed by atoms with van der Waals surface area (Å²) in [5.41, 5.74) is 1.74.